The van der Waals surface area contributed by atoms with Crippen molar-refractivity contribution >= 4 is 11.6 Å². The van der Waals surface area contributed by atoms with Gasteiger partial charge in [0.2, 0.25) is 5.91 Å². The highest BCUT2D eigenvalue weighted by Gasteiger charge is 2.19. The second kappa shape index (κ2) is 5.36. The summed E-state index contributed by atoms with van der Waals surface area (Å²) < 4.78 is 0. The van der Waals surface area contributed by atoms with Crippen molar-refractivity contribution in [2.45, 2.75) is 40.0 Å². The Morgan fingerprint density at radius 1 is 1.00 bits per heavy atom. The average Bonchev–Trinajstić information content (AvgIpc) is 2.91. The molecule has 0 unspecified atom stereocenters. The highest BCUT2D eigenvalue weighted by molar-refractivity contribution is 5.91. The van der Waals surface area contributed by atoms with E-state index in [9.17, 15) is 4.79 Å². The van der Waals surface area contributed by atoms with E-state index in [0.717, 1.165) is 18.5 Å². The summed E-state index contributed by atoms with van der Waals surface area (Å²) in [7, 11) is 0. The Morgan fingerprint density at radius 3 is 2.48 bits per heavy atom. The maximum Gasteiger partial charge on any atom is 0.221 e. The van der Waals surface area contributed by atoms with Gasteiger partial charge in [0, 0.05) is 12.6 Å². The van der Waals surface area contributed by atoms with Gasteiger partial charge in [-0.25, -0.2) is 0 Å². The molecular formula is C19H21NO. The van der Waals surface area contributed by atoms with Gasteiger partial charge < -0.3 is 5.32 Å². The molecule has 21 heavy (non-hydrogen) atoms. The summed E-state index contributed by atoms with van der Waals surface area (Å²) in [4.78, 5) is 11.3. The van der Waals surface area contributed by atoms with Gasteiger partial charge in [0.1, 0.15) is 0 Å². The topological polar surface area (TPSA) is 29.1 Å². The van der Waals surface area contributed by atoms with Crippen molar-refractivity contribution in [1.29, 1.82) is 0 Å². The minimum absolute atomic E-state index is 0.00281. The predicted molar refractivity (Wildman–Crippen MR) is 87.7 cm³/mol. The SMILES string of the molecule is CC(=O)Nc1ccc(-c2ccc(C)c(C)c2)c2c1CCC2. The number of carbonyl (C=O) groups excluding carboxylic acids is 1. The summed E-state index contributed by atoms with van der Waals surface area (Å²) in [6, 6.07) is 10.9. The summed E-state index contributed by atoms with van der Waals surface area (Å²) in [5.41, 5.74) is 8.97. The van der Waals surface area contributed by atoms with Crippen molar-refractivity contribution in [3.05, 3.63) is 52.6 Å². The summed E-state index contributed by atoms with van der Waals surface area (Å²) in [5, 5.41) is 2.97. The van der Waals surface area contributed by atoms with Crippen molar-refractivity contribution < 1.29 is 4.79 Å². The van der Waals surface area contributed by atoms with E-state index in [1.165, 1.54) is 39.8 Å². The molecule has 0 spiro atoms. The second-order valence-electron chi connectivity index (χ2n) is 5.95. The highest BCUT2D eigenvalue weighted by atomic mass is 16.1. The van der Waals surface area contributed by atoms with Crippen LogP contribution < -0.4 is 5.32 Å². The van der Waals surface area contributed by atoms with E-state index in [4.69, 9.17) is 0 Å². The van der Waals surface area contributed by atoms with Crippen LogP contribution in [0.15, 0.2) is 30.3 Å². The average molecular weight is 279 g/mol. The quantitative estimate of drug-likeness (QED) is 0.866. The van der Waals surface area contributed by atoms with Crippen LogP contribution in [0.2, 0.25) is 0 Å². The van der Waals surface area contributed by atoms with Gasteiger partial charge in [0.05, 0.1) is 0 Å². The molecule has 0 atom stereocenters. The molecule has 0 saturated carbocycles. The Labute approximate surface area is 126 Å². The van der Waals surface area contributed by atoms with E-state index in [2.05, 4.69) is 49.5 Å². The summed E-state index contributed by atoms with van der Waals surface area (Å²) in [5.74, 6) is 0.00281. The Bertz CT molecular complexity index is 716. The van der Waals surface area contributed by atoms with Crippen molar-refractivity contribution in [1.82, 2.24) is 0 Å². The molecule has 2 aromatic rings. The number of benzene rings is 2. The standard InChI is InChI=1S/C19H21NO/c1-12-7-8-15(11-13(12)2)16-9-10-19(20-14(3)21)18-6-4-5-17(16)18/h7-11H,4-6H2,1-3H3,(H,20,21). The number of aryl methyl sites for hydroxylation is 2. The van der Waals surface area contributed by atoms with Gasteiger partial charge in [-0.15, -0.1) is 0 Å². The fraction of sp³-hybridized carbons (Fsp3) is 0.316. The van der Waals surface area contributed by atoms with Crippen LogP contribution in [0.1, 0.15) is 35.6 Å². The van der Waals surface area contributed by atoms with Gasteiger partial charge in [-0.3, -0.25) is 4.79 Å². The first-order valence-corrected chi connectivity index (χ1v) is 7.56. The van der Waals surface area contributed by atoms with E-state index in [0.29, 0.717) is 0 Å². The van der Waals surface area contributed by atoms with Crippen molar-refractivity contribution in [2.75, 3.05) is 5.32 Å². The molecule has 1 amide bonds. The number of rotatable bonds is 2. The lowest BCUT2D eigenvalue weighted by atomic mass is 9.93. The van der Waals surface area contributed by atoms with E-state index < -0.39 is 0 Å². The first kappa shape index (κ1) is 13.9. The fourth-order valence-corrected chi connectivity index (χ4v) is 3.19. The molecule has 2 heteroatoms. The number of fused-ring (bicyclic) bond motifs is 1. The van der Waals surface area contributed by atoms with Crippen LogP contribution in [0.4, 0.5) is 5.69 Å². The minimum Gasteiger partial charge on any atom is -0.326 e. The number of anilines is 1. The zero-order valence-electron chi connectivity index (χ0n) is 12.9. The number of hydrogen-bond donors (Lipinski definition) is 1. The third kappa shape index (κ3) is 2.58. The molecule has 108 valence electrons. The Hall–Kier alpha value is -2.09. The van der Waals surface area contributed by atoms with Crippen LogP contribution in [0, 0.1) is 13.8 Å². The van der Waals surface area contributed by atoms with Gasteiger partial charge in [0.15, 0.2) is 0 Å². The molecule has 0 fully saturated rings. The summed E-state index contributed by atoms with van der Waals surface area (Å²) >= 11 is 0. The van der Waals surface area contributed by atoms with Crippen LogP contribution in [-0.2, 0) is 17.6 Å². The maximum atomic E-state index is 11.3. The smallest absolute Gasteiger partial charge is 0.221 e. The van der Waals surface area contributed by atoms with Crippen LogP contribution in [0.3, 0.4) is 0 Å². The molecule has 1 aliphatic carbocycles. The van der Waals surface area contributed by atoms with Crippen molar-refractivity contribution in [2.24, 2.45) is 0 Å². The van der Waals surface area contributed by atoms with Crippen LogP contribution in [0.5, 0.6) is 0 Å². The van der Waals surface area contributed by atoms with Crippen molar-refractivity contribution in [3.63, 3.8) is 0 Å². The molecular weight excluding hydrogens is 258 g/mol. The maximum absolute atomic E-state index is 11.3. The zero-order valence-corrected chi connectivity index (χ0v) is 12.9. The summed E-state index contributed by atoms with van der Waals surface area (Å²) in [6.07, 6.45) is 3.33. The van der Waals surface area contributed by atoms with E-state index >= 15 is 0 Å². The van der Waals surface area contributed by atoms with Gasteiger partial charge in [-0.05, 0) is 72.6 Å². The molecule has 1 aliphatic rings. The largest absolute Gasteiger partial charge is 0.326 e. The molecule has 3 rings (SSSR count). The van der Waals surface area contributed by atoms with E-state index in [-0.39, 0.29) is 5.91 Å². The lowest BCUT2D eigenvalue weighted by Gasteiger charge is -2.14. The molecule has 0 radical (unpaired) electrons. The molecule has 0 aliphatic heterocycles. The van der Waals surface area contributed by atoms with Crippen LogP contribution >= 0.6 is 0 Å². The molecule has 2 nitrogen and oxygen atoms in total. The van der Waals surface area contributed by atoms with Gasteiger partial charge in [-0.1, -0.05) is 24.3 Å². The number of nitrogens with one attached hydrogen (secondary N) is 1. The zero-order chi connectivity index (χ0) is 15.0. The van der Waals surface area contributed by atoms with E-state index in [1.54, 1.807) is 6.92 Å². The molecule has 0 heterocycles. The van der Waals surface area contributed by atoms with Gasteiger partial charge in [0.25, 0.3) is 0 Å². The molecule has 0 aromatic heterocycles. The van der Waals surface area contributed by atoms with Crippen LogP contribution in [-0.4, -0.2) is 5.91 Å². The number of carbonyl (C=O) groups is 1. The number of amides is 1. The third-order valence-corrected chi connectivity index (χ3v) is 4.41. The lowest BCUT2D eigenvalue weighted by Crippen LogP contribution is -2.08. The van der Waals surface area contributed by atoms with Gasteiger partial charge in [-0.2, -0.15) is 0 Å². The van der Waals surface area contributed by atoms with E-state index in [1.807, 2.05) is 0 Å². The highest BCUT2D eigenvalue weighted by Crippen LogP contribution is 2.37. The van der Waals surface area contributed by atoms with Gasteiger partial charge >= 0.3 is 0 Å². The third-order valence-electron chi connectivity index (χ3n) is 4.41. The summed E-state index contributed by atoms with van der Waals surface area (Å²) in [6.45, 7) is 5.87. The lowest BCUT2D eigenvalue weighted by molar-refractivity contribution is -0.114. The van der Waals surface area contributed by atoms with Crippen molar-refractivity contribution in [3.8, 4) is 11.1 Å². The fourth-order valence-electron chi connectivity index (χ4n) is 3.19. The normalized spacial score (nSPS) is 13.1. The molecule has 1 N–H and O–H groups in total. The molecule has 0 saturated heterocycles. The molecule has 0 bridgehead atoms. The Balaban J connectivity index is 2.10. The first-order valence-electron chi connectivity index (χ1n) is 7.56. The minimum atomic E-state index is 0.00281. The molecule has 2 aromatic carbocycles. The predicted octanol–water partition coefficient (Wildman–Crippen LogP) is 4.42. The van der Waals surface area contributed by atoms with Crippen LogP contribution in [0.25, 0.3) is 11.1 Å². The Morgan fingerprint density at radius 2 is 1.76 bits per heavy atom. The number of hydrogen-bond acceptors (Lipinski definition) is 1. The monoisotopic (exact) mass is 279 g/mol. The Kier molecular flexibility index (Phi) is 3.54. The first-order chi connectivity index (χ1) is 10.1. The second-order valence-corrected chi connectivity index (χ2v) is 5.95.